The third kappa shape index (κ3) is 6.87. The van der Waals surface area contributed by atoms with E-state index in [0.29, 0.717) is 0 Å². The molecule has 0 fully saturated rings. The highest BCUT2D eigenvalue weighted by atomic mass is 16.5. The number of fused-ring (bicyclic) bond motifs is 2. The van der Waals surface area contributed by atoms with Crippen LogP contribution in [0.1, 0.15) is 44.7 Å². The maximum atomic E-state index is 13.4. The van der Waals surface area contributed by atoms with Gasteiger partial charge in [0.15, 0.2) is 11.6 Å². The molecular weight excluding hydrogens is 496 g/mol. The van der Waals surface area contributed by atoms with Crippen LogP contribution in [0.3, 0.4) is 0 Å². The Labute approximate surface area is 218 Å². The van der Waals surface area contributed by atoms with Crippen molar-refractivity contribution in [3.05, 3.63) is 58.7 Å². The summed E-state index contributed by atoms with van der Waals surface area (Å²) in [6.45, 7) is 0.235. The fourth-order valence-corrected chi connectivity index (χ4v) is 3.79. The van der Waals surface area contributed by atoms with E-state index >= 15 is 0 Å². The SMILES string of the molecule is COC(=O)CNCCC(=O)Nc1ccc(NC(=O)CCNCC(=O)OC)c2c1C(=O)c1ccccc1C2=O. The van der Waals surface area contributed by atoms with Crippen LogP contribution in [-0.4, -0.2) is 75.7 Å². The smallest absolute Gasteiger partial charge is 0.319 e. The lowest BCUT2D eigenvalue weighted by Crippen LogP contribution is -2.29. The average molecular weight is 525 g/mol. The van der Waals surface area contributed by atoms with Crippen LogP contribution in [0.25, 0.3) is 0 Å². The Morgan fingerprint density at radius 1 is 0.658 bits per heavy atom. The first-order chi connectivity index (χ1) is 18.3. The number of ketones is 2. The van der Waals surface area contributed by atoms with Gasteiger partial charge in [0.25, 0.3) is 0 Å². The lowest BCUT2D eigenvalue weighted by molar-refractivity contribution is -0.140. The van der Waals surface area contributed by atoms with E-state index in [4.69, 9.17) is 0 Å². The van der Waals surface area contributed by atoms with E-state index in [-0.39, 0.29) is 72.6 Å². The summed E-state index contributed by atoms with van der Waals surface area (Å²) in [7, 11) is 2.51. The number of carbonyl (C=O) groups is 6. The van der Waals surface area contributed by atoms with Gasteiger partial charge in [-0.1, -0.05) is 24.3 Å². The van der Waals surface area contributed by atoms with Crippen LogP contribution < -0.4 is 21.3 Å². The van der Waals surface area contributed by atoms with Gasteiger partial charge in [-0.15, -0.1) is 0 Å². The number of esters is 2. The van der Waals surface area contributed by atoms with Gasteiger partial charge in [0.2, 0.25) is 11.8 Å². The Morgan fingerprint density at radius 3 is 1.42 bits per heavy atom. The zero-order valence-corrected chi connectivity index (χ0v) is 21.0. The molecule has 0 spiro atoms. The van der Waals surface area contributed by atoms with Crippen molar-refractivity contribution in [3.63, 3.8) is 0 Å². The highest BCUT2D eigenvalue weighted by molar-refractivity contribution is 6.32. The topological polar surface area (TPSA) is 169 Å². The molecular formula is C26H28N4O8. The van der Waals surface area contributed by atoms with Gasteiger partial charge in [0.05, 0.1) is 49.8 Å². The lowest BCUT2D eigenvalue weighted by Gasteiger charge is -2.23. The van der Waals surface area contributed by atoms with Gasteiger partial charge >= 0.3 is 11.9 Å². The third-order valence-electron chi connectivity index (χ3n) is 5.68. The molecule has 38 heavy (non-hydrogen) atoms. The summed E-state index contributed by atoms with van der Waals surface area (Å²) in [5.41, 5.74) is 0.593. The van der Waals surface area contributed by atoms with Crippen LogP contribution in [-0.2, 0) is 28.7 Å². The van der Waals surface area contributed by atoms with Crippen molar-refractivity contribution in [3.8, 4) is 0 Å². The minimum atomic E-state index is -0.473. The fourth-order valence-electron chi connectivity index (χ4n) is 3.79. The number of benzene rings is 2. The average Bonchev–Trinajstić information content (AvgIpc) is 2.92. The highest BCUT2D eigenvalue weighted by Gasteiger charge is 2.34. The van der Waals surface area contributed by atoms with Crippen LogP contribution in [0.15, 0.2) is 36.4 Å². The monoisotopic (exact) mass is 524 g/mol. The van der Waals surface area contributed by atoms with E-state index < -0.39 is 35.3 Å². The van der Waals surface area contributed by atoms with Gasteiger partial charge < -0.3 is 30.7 Å². The van der Waals surface area contributed by atoms with Gasteiger partial charge in [0.1, 0.15) is 0 Å². The van der Waals surface area contributed by atoms with Crippen molar-refractivity contribution >= 4 is 46.7 Å². The first-order valence-corrected chi connectivity index (χ1v) is 11.8. The predicted molar refractivity (Wildman–Crippen MR) is 136 cm³/mol. The largest absolute Gasteiger partial charge is 0.468 e. The molecule has 1 aliphatic carbocycles. The van der Waals surface area contributed by atoms with Crippen molar-refractivity contribution in [2.75, 3.05) is 51.0 Å². The second-order valence-corrected chi connectivity index (χ2v) is 8.22. The van der Waals surface area contributed by atoms with E-state index in [9.17, 15) is 28.8 Å². The number of hydrogen-bond acceptors (Lipinski definition) is 10. The first-order valence-electron chi connectivity index (χ1n) is 11.8. The molecule has 4 N–H and O–H groups in total. The summed E-state index contributed by atoms with van der Waals surface area (Å²) in [6.07, 6.45) is -0.0247. The van der Waals surface area contributed by atoms with Gasteiger partial charge in [-0.3, -0.25) is 28.8 Å². The molecule has 0 saturated carbocycles. The minimum absolute atomic E-state index is 0.0123. The molecule has 12 nitrogen and oxygen atoms in total. The fraction of sp³-hybridized carbons (Fsp3) is 0.308. The number of anilines is 2. The number of carbonyl (C=O) groups excluding carboxylic acids is 6. The number of rotatable bonds is 12. The number of hydrogen-bond donors (Lipinski definition) is 4. The molecule has 0 aromatic heterocycles. The molecule has 2 amide bonds. The summed E-state index contributed by atoms with van der Waals surface area (Å²) in [4.78, 5) is 74.3. The predicted octanol–water partition coefficient (Wildman–Crippen LogP) is 0.644. The van der Waals surface area contributed by atoms with Crippen LogP contribution in [0.4, 0.5) is 11.4 Å². The van der Waals surface area contributed by atoms with E-state index in [0.717, 1.165) is 0 Å². The van der Waals surface area contributed by atoms with Crippen LogP contribution in [0.2, 0.25) is 0 Å². The Balaban J connectivity index is 1.81. The molecule has 0 heterocycles. The van der Waals surface area contributed by atoms with Gasteiger partial charge in [-0.2, -0.15) is 0 Å². The Kier molecular flexibility index (Phi) is 9.79. The molecule has 0 saturated heterocycles. The number of methoxy groups -OCH3 is 2. The molecule has 12 heteroatoms. The molecule has 0 radical (unpaired) electrons. The Hall–Kier alpha value is -4.42. The van der Waals surface area contributed by atoms with Crippen molar-refractivity contribution in [2.45, 2.75) is 12.8 Å². The minimum Gasteiger partial charge on any atom is -0.468 e. The van der Waals surface area contributed by atoms with Crippen molar-refractivity contribution in [1.29, 1.82) is 0 Å². The van der Waals surface area contributed by atoms with Gasteiger partial charge in [-0.25, -0.2) is 0 Å². The van der Waals surface area contributed by atoms with E-state index in [2.05, 4.69) is 30.7 Å². The molecule has 2 aromatic carbocycles. The standard InChI is InChI=1S/C26H28N4O8/c1-37-21(33)13-27-11-9-19(31)29-17-7-8-18(30-20(32)10-12-28-14-22(34)38-2)24-23(17)25(35)15-5-3-4-6-16(15)26(24)36/h3-8,27-28H,9-14H2,1-2H3,(H,29,31)(H,30,32). The third-order valence-corrected chi connectivity index (χ3v) is 5.68. The van der Waals surface area contributed by atoms with Gasteiger partial charge in [-0.05, 0) is 12.1 Å². The van der Waals surface area contributed by atoms with Crippen molar-refractivity contribution in [2.24, 2.45) is 0 Å². The van der Waals surface area contributed by atoms with Gasteiger partial charge in [0, 0.05) is 37.1 Å². The second kappa shape index (κ2) is 13.2. The molecule has 0 unspecified atom stereocenters. The Bertz CT molecular complexity index is 1180. The molecule has 2 aromatic rings. The molecule has 0 bridgehead atoms. The number of ether oxygens (including phenoxy) is 2. The molecule has 0 atom stereocenters. The summed E-state index contributed by atoms with van der Waals surface area (Å²) in [5, 5.41) is 10.9. The van der Waals surface area contributed by atoms with Crippen molar-refractivity contribution in [1.82, 2.24) is 10.6 Å². The van der Waals surface area contributed by atoms with E-state index in [1.165, 1.54) is 38.5 Å². The highest BCUT2D eigenvalue weighted by Crippen LogP contribution is 2.36. The van der Waals surface area contributed by atoms with Crippen molar-refractivity contribution < 1.29 is 38.2 Å². The maximum Gasteiger partial charge on any atom is 0.319 e. The maximum absolute atomic E-state index is 13.4. The summed E-state index contributed by atoms with van der Waals surface area (Å²) in [6, 6.07) is 9.21. The molecule has 0 aliphatic heterocycles. The number of nitrogens with one attached hydrogen (secondary N) is 4. The van der Waals surface area contributed by atoms with Crippen LogP contribution in [0.5, 0.6) is 0 Å². The molecule has 200 valence electrons. The Morgan fingerprint density at radius 2 is 1.05 bits per heavy atom. The zero-order chi connectivity index (χ0) is 27.7. The molecule has 3 rings (SSSR count). The quantitative estimate of drug-likeness (QED) is 0.195. The molecule has 1 aliphatic rings. The summed E-state index contributed by atoms with van der Waals surface area (Å²) >= 11 is 0. The van der Waals surface area contributed by atoms with E-state index in [1.807, 2.05) is 0 Å². The zero-order valence-electron chi connectivity index (χ0n) is 21.0. The van der Waals surface area contributed by atoms with Crippen LogP contribution in [0, 0.1) is 0 Å². The summed E-state index contributed by atoms with van der Waals surface area (Å²) < 4.78 is 9.04. The summed E-state index contributed by atoms with van der Waals surface area (Å²) in [5.74, 6) is -2.78. The normalized spacial score (nSPS) is 11.7. The lowest BCUT2D eigenvalue weighted by atomic mass is 9.82. The van der Waals surface area contributed by atoms with Crippen LogP contribution >= 0.6 is 0 Å². The van der Waals surface area contributed by atoms with E-state index in [1.54, 1.807) is 12.1 Å². The second-order valence-electron chi connectivity index (χ2n) is 8.22. The first kappa shape index (κ1) is 28.2. The number of amides is 2.